The van der Waals surface area contributed by atoms with Crippen LogP contribution in [0.1, 0.15) is 47.8 Å². The molecule has 6 heteroatoms. The Morgan fingerprint density at radius 2 is 1.93 bits per heavy atom. The third-order valence-electron chi connectivity index (χ3n) is 5.59. The van der Waals surface area contributed by atoms with E-state index < -0.39 is 18.0 Å². The number of halogens is 3. The van der Waals surface area contributed by atoms with Gasteiger partial charge in [0.05, 0.1) is 12.5 Å². The number of hydrogen-bond acceptors (Lipinski definition) is 3. The van der Waals surface area contributed by atoms with Crippen molar-refractivity contribution in [2.24, 2.45) is 11.7 Å². The van der Waals surface area contributed by atoms with E-state index in [0.29, 0.717) is 30.9 Å². The topological polar surface area (TPSA) is 38.5 Å². The molecule has 1 heterocycles. The largest absolute Gasteiger partial charge is 0.493 e. The van der Waals surface area contributed by atoms with Crippen LogP contribution < -0.4 is 10.5 Å². The van der Waals surface area contributed by atoms with E-state index in [4.69, 9.17) is 10.5 Å². The first-order chi connectivity index (χ1) is 13.3. The second-order valence-electron chi connectivity index (χ2n) is 8.00. The van der Waals surface area contributed by atoms with E-state index in [2.05, 4.69) is 4.90 Å². The molecule has 0 aromatic heterocycles. The third kappa shape index (κ3) is 4.18. The summed E-state index contributed by atoms with van der Waals surface area (Å²) in [7, 11) is 0. The van der Waals surface area contributed by atoms with Crippen molar-refractivity contribution in [3.63, 3.8) is 0 Å². The fraction of sp³-hybridized carbons (Fsp3) is 0.455. The maximum atomic E-state index is 14.8. The maximum absolute atomic E-state index is 14.8. The monoisotopic (exact) mass is 390 g/mol. The predicted molar refractivity (Wildman–Crippen MR) is 102 cm³/mol. The van der Waals surface area contributed by atoms with Gasteiger partial charge >= 0.3 is 0 Å². The minimum Gasteiger partial charge on any atom is -0.493 e. The van der Waals surface area contributed by atoms with Gasteiger partial charge in [0.2, 0.25) is 0 Å². The van der Waals surface area contributed by atoms with Crippen LogP contribution in [0.5, 0.6) is 5.75 Å². The van der Waals surface area contributed by atoms with Crippen molar-refractivity contribution < 1.29 is 17.9 Å². The van der Waals surface area contributed by atoms with Crippen molar-refractivity contribution in [2.45, 2.75) is 44.6 Å². The van der Waals surface area contributed by atoms with Gasteiger partial charge in [0, 0.05) is 32.1 Å². The summed E-state index contributed by atoms with van der Waals surface area (Å²) < 4.78 is 46.2. The molecular formula is C22H25F3N2O. The van der Waals surface area contributed by atoms with Gasteiger partial charge in [-0.2, -0.15) is 0 Å². The van der Waals surface area contributed by atoms with Gasteiger partial charge in [0.15, 0.2) is 0 Å². The maximum Gasteiger partial charge on any atom is 0.255 e. The number of ether oxygens (including phenoxy) is 1. The lowest BCUT2D eigenvalue weighted by atomic mass is 9.97. The molecule has 150 valence electrons. The van der Waals surface area contributed by atoms with E-state index in [1.54, 1.807) is 12.1 Å². The van der Waals surface area contributed by atoms with Crippen molar-refractivity contribution in [2.75, 3.05) is 13.2 Å². The summed E-state index contributed by atoms with van der Waals surface area (Å²) in [5.74, 6) is -2.85. The normalized spacial score (nSPS) is 24.5. The summed E-state index contributed by atoms with van der Waals surface area (Å²) in [6.45, 7) is 3.52. The Morgan fingerprint density at radius 1 is 1.21 bits per heavy atom. The molecule has 1 aliphatic heterocycles. The summed E-state index contributed by atoms with van der Waals surface area (Å²) in [5, 5.41) is 0. The van der Waals surface area contributed by atoms with Gasteiger partial charge in [-0.05, 0) is 41.3 Å². The number of nitrogens with zero attached hydrogens (tertiary/aromatic N) is 1. The van der Waals surface area contributed by atoms with Gasteiger partial charge in [-0.25, -0.2) is 13.2 Å². The lowest BCUT2D eigenvalue weighted by Gasteiger charge is -2.31. The van der Waals surface area contributed by atoms with Crippen LogP contribution in [0.25, 0.3) is 0 Å². The van der Waals surface area contributed by atoms with Gasteiger partial charge in [0.25, 0.3) is 5.92 Å². The zero-order valence-corrected chi connectivity index (χ0v) is 15.9. The zero-order valence-electron chi connectivity index (χ0n) is 15.9. The lowest BCUT2D eigenvalue weighted by Crippen LogP contribution is -2.31. The van der Waals surface area contributed by atoms with Crippen molar-refractivity contribution >= 4 is 0 Å². The minimum atomic E-state index is -2.60. The number of hydrogen-bond donors (Lipinski definition) is 1. The zero-order chi connectivity index (χ0) is 19.9. The quantitative estimate of drug-likeness (QED) is 0.772. The summed E-state index contributed by atoms with van der Waals surface area (Å²) in [6.07, 6.45) is -1.25. The van der Waals surface area contributed by atoms with Crippen LogP contribution in [-0.4, -0.2) is 24.0 Å². The molecule has 0 bridgehead atoms. The van der Waals surface area contributed by atoms with Gasteiger partial charge in [0.1, 0.15) is 11.9 Å². The van der Waals surface area contributed by atoms with Crippen LogP contribution in [0.2, 0.25) is 0 Å². The molecule has 0 radical (unpaired) electrons. The molecule has 2 aliphatic rings. The molecule has 0 amide bonds. The highest BCUT2D eigenvalue weighted by Crippen LogP contribution is 2.48. The molecule has 28 heavy (non-hydrogen) atoms. The first-order valence-electron chi connectivity index (χ1n) is 9.66. The molecule has 0 saturated heterocycles. The highest BCUT2D eigenvalue weighted by atomic mass is 19.3. The molecular weight excluding hydrogens is 365 g/mol. The number of alkyl halides is 3. The summed E-state index contributed by atoms with van der Waals surface area (Å²) in [4.78, 5) is 2.07. The van der Waals surface area contributed by atoms with Crippen LogP contribution in [0.4, 0.5) is 13.2 Å². The Balaban J connectivity index is 1.39. The SMILES string of the molecule is C[C@H](N)c1ccc(CN2Cc3ccc(OCC4CC4(F)F)cc3C(F)C2)cc1. The van der Waals surface area contributed by atoms with Crippen molar-refractivity contribution in [3.05, 3.63) is 64.7 Å². The van der Waals surface area contributed by atoms with Crippen LogP contribution in [0, 0.1) is 5.92 Å². The molecule has 4 rings (SSSR count). The third-order valence-corrected chi connectivity index (χ3v) is 5.59. The summed E-state index contributed by atoms with van der Waals surface area (Å²) in [6, 6.07) is 13.3. The molecule has 2 N–H and O–H groups in total. The fourth-order valence-corrected chi connectivity index (χ4v) is 3.68. The van der Waals surface area contributed by atoms with E-state index in [0.717, 1.165) is 16.7 Å². The van der Waals surface area contributed by atoms with Crippen molar-refractivity contribution in [1.29, 1.82) is 0 Å². The highest BCUT2D eigenvalue weighted by molar-refractivity contribution is 5.39. The van der Waals surface area contributed by atoms with Crippen LogP contribution in [0.3, 0.4) is 0 Å². The molecule has 3 atom stereocenters. The Kier molecular flexibility index (Phi) is 5.10. The minimum absolute atomic E-state index is 0.00584. The van der Waals surface area contributed by atoms with E-state index in [1.807, 2.05) is 37.3 Å². The summed E-state index contributed by atoms with van der Waals surface area (Å²) >= 11 is 0. The first kappa shape index (κ1) is 19.3. The molecule has 0 spiro atoms. The Bertz CT molecular complexity index is 838. The standard InChI is InChI=1S/C22H25F3N2O/c1-14(26)16-4-2-15(3-5-16)10-27-11-17-6-7-19(8-20(17)21(23)12-27)28-13-18-9-22(18,24)25/h2-8,14,18,21H,9-13,26H2,1H3/t14-,18?,21?/m0/s1. The van der Waals surface area contributed by atoms with Crippen LogP contribution in [0.15, 0.2) is 42.5 Å². The molecule has 2 aromatic carbocycles. The average molecular weight is 390 g/mol. The molecule has 1 fully saturated rings. The Morgan fingerprint density at radius 3 is 2.57 bits per heavy atom. The molecule has 1 aliphatic carbocycles. The number of rotatable bonds is 6. The second kappa shape index (κ2) is 7.41. The fourth-order valence-electron chi connectivity index (χ4n) is 3.68. The highest BCUT2D eigenvalue weighted by Gasteiger charge is 2.57. The molecule has 1 saturated carbocycles. The predicted octanol–water partition coefficient (Wildman–Crippen LogP) is 4.77. The first-order valence-corrected chi connectivity index (χ1v) is 9.66. The number of nitrogens with two attached hydrogens (primary N) is 1. The van der Waals surface area contributed by atoms with Gasteiger partial charge in [-0.15, -0.1) is 0 Å². The van der Waals surface area contributed by atoms with Crippen LogP contribution >= 0.6 is 0 Å². The molecule has 2 aromatic rings. The van der Waals surface area contributed by atoms with E-state index in [1.165, 1.54) is 0 Å². The Hall–Kier alpha value is -2.05. The molecule has 2 unspecified atom stereocenters. The van der Waals surface area contributed by atoms with Crippen LogP contribution in [-0.2, 0) is 13.1 Å². The van der Waals surface area contributed by atoms with E-state index >= 15 is 0 Å². The van der Waals surface area contributed by atoms with E-state index in [-0.39, 0.29) is 19.1 Å². The summed E-state index contributed by atoms with van der Waals surface area (Å²) in [5.41, 5.74) is 9.58. The number of benzene rings is 2. The Labute approximate surface area is 163 Å². The van der Waals surface area contributed by atoms with Gasteiger partial charge < -0.3 is 10.5 Å². The average Bonchev–Trinajstić information content (AvgIpc) is 3.27. The molecule has 3 nitrogen and oxygen atoms in total. The van der Waals surface area contributed by atoms with Gasteiger partial charge in [-0.3, -0.25) is 4.90 Å². The van der Waals surface area contributed by atoms with Gasteiger partial charge in [-0.1, -0.05) is 30.3 Å². The smallest absolute Gasteiger partial charge is 0.255 e. The number of fused-ring (bicyclic) bond motifs is 1. The van der Waals surface area contributed by atoms with Crippen molar-refractivity contribution in [1.82, 2.24) is 4.90 Å². The second-order valence-corrected chi connectivity index (χ2v) is 8.00. The van der Waals surface area contributed by atoms with E-state index in [9.17, 15) is 13.2 Å². The lowest BCUT2D eigenvalue weighted by molar-refractivity contribution is 0.0855. The van der Waals surface area contributed by atoms with Crippen molar-refractivity contribution in [3.8, 4) is 5.75 Å².